The van der Waals surface area contributed by atoms with Gasteiger partial charge in [-0.2, -0.15) is 0 Å². The summed E-state index contributed by atoms with van der Waals surface area (Å²) in [5, 5.41) is 2.84. The predicted octanol–water partition coefficient (Wildman–Crippen LogP) is 0.555. The standard InChI is InChI=1S/C12H14N3O2P/c16-11-10-7-14(18)5-6-15(10)12(17)8-3-1-2-4-9(8)13-11/h1-4,10H,5-7,18H2,(H,13,16). The highest BCUT2D eigenvalue weighted by Gasteiger charge is 2.38. The first kappa shape index (κ1) is 11.6. The number of piperazine rings is 1. The van der Waals surface area contributed by atoms with Crippen LogP contribution in [0.2, 0.25) is 0 Å². The number of carbonyl (C=O) groups excluding carboxylic acids is 2. The maximum absolute atomic E-state index is 12.4. The first-order chi connectivity index (χ1) is 8.66. The first-order valence-electron chi connectivity index (χ1n) is 5.87. The van der Waals surface area contributed by atoms with Gasteiger partial charge < -0.3 is 10.2 Å². The molecule has 6 heteroatoms. The molecule has 2 amide bonds. The van der Waals surface area contributed by atoms with Gasteiger partial charge in [0.2, 0.25) is 5.91 Å². The summed E-state index contributed by atoms with van der Waals surface area (Å²) in [6, 6.07) is 6.75. The molecule has 0 saturated carbocycles. The maximum atomic E-state index is 12.4. The second-order valence-corrected chi connectivity index (χ2v) is 5.27. The van der Waals surface area contributed by atoms with Gasteiger partial charge in [-0.25, -0.2) is 0 Å². The second-order valence-electron chi connectivity index (χ2n) is 4.54. The molecule has 3 rings (SSSR count). The van der Waals surface area contributed by atoms with Crippen LogP contribution < -0.4 is 5.32 Å². The van der Waals surface area contributed by atoms with Crippen molar-refractivity contribution in [2.45, 2.75) is 6.04 Å². The van der Waals surface area contributed by atoms with Crippen molar-refractivity contribution in [3.63, 3.8) is 0 Å². The van der Waals surface area contributed by atoms with E-state index in [1.807, 2.05) is 16.8 Å². The molecule has 0 spiro atoms. The van der Waals surface area contributed by atoms with Gasteiger partial charge in [-0.3, -0.25) is 14.3 Å². The van der Waals surface area contributed by atoms with Gasteiger partial charge in [-0.05, 0) is 12.1 Å². The van der Waals surface area contributed by atoms with Gasteiger partial charge in [-0.1, -0.05) is 21.5 Å². The number of anilines is 1. The smallest absolute Gasteiger partial charge is 0.256 e. The Kier molecular flexibility index (Phi) is 2.80. The van der Waals surface area contributed by atoms with Crippen LogP contribution in [0.3, 0.4) is 0 Å². The maximum Gasteiger partial charge on any atom is 0.256 e. The molecule has 94 valence electrons. The fourth-order valence-corrected chi connectivity index (χ4v) is 2.74. The number of fused-ring (bicyclic) bond motifs is 2. The highest BCUT2D eigenvalue weighted by atomic mass is 31.0. The minimum absolute atomic E-state index is 0.0629. The average Bonchev–Trinajstić information content (AvgIpc) is 2.47. The number of hydrogen-bond acceptors (Lipinski definition) is 3. The van der Waals surface area contributed by atoms with Crippen molar-refractivity contribution in [3.8, 4) is 0 Å². The predicted molar refractivity (Wildman–Crippen MR) is 71.2 cm³/mol. The summed E-state index contributed by atoms with van der Waals surface area (Å²) < 4.78 is 1.99. The Bertz CT molecular complexity index is 520. The van der Waals surface area contributed by atoms with Crippen molar-refractivity contribution < 1.29 is 9.59 Å². The summed E-state index contributed by atoms with van der Waals surface area (Å²) in [5.74, 6) is -0.174. The van der Waals surface area contributed by atoms with Gasteiger partial charge in [-0.15, -0.1) is 0 Å². The number of amides is 2. The average molecular weight is 263 g/mol. The molecule has 2 unspecified atom stereocenters. The van der Waals surface area contributed by atoms with E-state index in [4.69, 9.17) is 0 Å². The number of para-hydroxylation sites is 1. The lowest BCUT2D eigenvalue weighted by molar-refractivity contribution is -0.121. The lowest BCUT2D eigenvalue weighted by atomic mass is 10.1. The van der Waals surface area contributed by atoms with Gasteiger partial charge in [0.25, 0.3) is 5.91 Å². The zero-order valence-electron chi connectivity index (χ0n) is 9.80. The van der Waals surface area contributed by atoms with Crippen LogP contribution in [0.25, 0.3) is 0 Å². The van der Waals surface area contributed by atoms with Crippen LogP contribution in [0.4, 0.5) is 5.69 Å². The van der Waals surface area contributed by atoms with Gasteiger partial charge >= 0.3 is 0 Å². The number of nitrogens with zero attached hydrogens (tertiary/aromatic N) is 2. The lowest BCUT2D eigenvalue weighted by Crippen LogP contribution is -2.56. The lowest BCUT2D eigenvalue weighted by Gasteiger charge is -2.37. The summed E-state index contributed by atoms with van der Waals surface area (Å²) in [7, 11) is 2.59. The Morgan fingerprint density at radius 2 is 2.00 bits per heavy atom. The third-order valence-electron chi connectivity index (χ3n) is 3.39. The monoisotopic (exact) mass is 263 g/mol. The summed E-state index contributed by atoms with van der Waals surface area (Å²) >= 11 is 0. The minimum Gasteiger partial charge on any atom is -0.324 e. The van der Waals surface area contributed by atoms with E-state index in [2.05, 4.69) is 14.7 Å². The van der Waals surface area contributed by atoms with Crippen LogP contribution in [0.5, 0.6) is 0 Å². The van der Waals surface area contributed by atoms with Crippen LogP contribution in [0, 0.1) is 0 Å². The van der Waals surface area contributed by atoms with Crippen molar-refractivity contribution in [1.82, 2.24) is 9.57 Å². The molecule has 2 atom stereocenters. The van der Waals surface area contributed by atoms with Crippen molar-refractivity contribution >= 4 is 26.9 Å². The van der Waals surface area contributed by atoms with E-state index in [0.29, 0.717) is 24.3 Å². The van der Waals surface area contributed by atoms with E-state index >= 15 is 0 Å². The Balaban J connectivity index is 2.03. The largest absolute Gasteiger partial charge is 0.324 e. The molecule has 1 aromatic rings. The van der Waals surface area contributed by atoms with E-state index in [1.165, 1.54) is 0 Å². The van der Waals surface area contributed by atoms with Crippen LogP contribution >= 0.6 is 9.39 Å². The summed E-state index contributed by atoms with van der Waals surface area (Å²) in [4.78, 5) is 26.3. The molecular formula is C12H14N3O2P. The van der Waals surface area contributed by atoms with E-state index in [9.17, 15) is 9.59 Å². The molecule has 1 saturated heterocycles. The third kappa shape index (κ3) is 1.80. The normalized spacial score (nSPS) is 24.1. The van der Waals surface area contributed by atoms with Crippen molar-refractivity contribution in [2.24, 2.45) is 0 Å². The molecule has 0 aromatic heterocycles. The molecule has 18 heavy (non-hydrogen) atoms. The second kappa shape index (κ2) is 4.34. The Labute approximate surface area is 107 Å². The van der Waals surface area contributed by atoms with Crippen molar-refractivity contribution in [1.29, 1.82) is 0 Å². The summed E-state index contributed by atoms with van der Waals surface area (Å²) in [6.07, 6.45) is 0. The number of hydrogen-bond donors (Lipinski definition) is 1. The van der Waals surface area contributed by atoms with Gasteiger partial charge in [0.15, 0.2) is 0 Å². The first-order valence-corrected chi connectivity index (χ1v) is 6.39. The molecule has 1 fully saturated rings. The number of rotatable bonds is 0. The zero-order valence-corrected chi connectivity index (χ0v) is 11.0. The third-order valence-corrected chi connectivity index (χ3v) is 3.86. The highest BCUT2D eigenvalue weighted by Crippen LogP contribution is 2.25. The Hall–Kier alpha value is -1.45. The summed E-state index contributed by atoms with van der Waals surface area (Å²) in [5.41, 5.74) is 1.18. The van der Waals surface area contributed by atoms with Crippen molar-refractivity contribution in [2.75, 3.05) is 25.0 Å². The molecular weight excluding hydrogens is 249 g/mol. The molecule has 2 aliphatic heterocycles. The van der Waals surface area contributed by atoms with E-state index in [-0.39, 0.29) is 11.8 Å². The Morgan fingerprint density at radius 3 is 2.83 bits per heavy atom. The van der Waals surface area contributed by atoms with E-state index < -0.39 is 6.04 Å². The number of carbonyl (C=O) groups is 2. The van der Waals surface area contributed by atoms with Crippen molar-refractivity contribution in [3.05, 3.63) is 29.8 Å². The molecule has 0 bridgehead atoms. The van der Waals surface area contributed by atoms with Crippen LogP contribution in [-0.4, -0.2) is 47.1 Å². The molecule has 5 nitrogen and oxygen atoms in total. The zero-order chi connectivity index (χ0) is 12.7. The summed E-state index contributed by atoms with van der Waals surface area (Å²) in [6.45, 7) is 1.90. The highest BCUT2D eigenvalue weighted by molar-refractivity contribution is 7.13. The Morgan fingerprint density at radius 1 is 1.22 bits per heavy atom. The minimum atomic E-state index is -0.406. The van der Waals surface area contributed by atoms with E-state index in [1.54, 1.807) is 17.0 Å². The molecule has 0 radical (unpaired) electrons. The fraction of sp³-hybridized carbons (Fsp3) is 0.333. The molecule has 1 aromatic carbocycles. The quantitative estimate of drug-likeness (QED) is 0.696. The van der Waals surface area contributed by atoms with Crippen LogP contribution in [0.15, 0.2) is 24.3 Å². The topological polar surface area (TPSA) is 52.7 Å². The number of nitrogens with one attached hydrogen (secondary N) is 1. The van der Waals surface area contributed by atoms with Gasteiger partial charge in [0, 0.05) is 19.6 Å². The molecule has 2 heterocycles. The molecule has 0 aliphatic carbocycles. The van der Waals surface area contributed by atoms with E-state index in [0.717, 1.165) is 6.54 Å². The van der Waals surface area contributed by atoms with Gasteiger partial charge in [0.05, 0.1) is 11.3 Å². The van der Waals surface area contributed by atoms with Gasteiger partial charge in [0.1, 0.15) is 6.04 Å². The molecule has 1 N–H and O–H groups in total. The van der Waals surface area contributed by atoms with Crippen LogP contribution in [0.1, 0.15) is 10.4 Å². The fourth-order valence-electron chi connectivity index (χ4n) is 2.42. The number of benzene rings is 1. The molecule has 2 aliphatic rings. The van der Waals surface area contributed by atoms with Crippen LogP contribution in [-0.2, 0) is 4.79 Å². The SMILES string of the molecule is O=C1Nc2ccccc2C(=O)N2CCN(P)CC12.